The minimum atomic E-state index is -0.743. The quantitative estimate of drug-likeness (QED) is 0.568. The van der Waals surface area contributed by atoms with Crippen molar-refractivity contribution in [3.05, 3.63) is 69.3 Å². The lowest BCUT2D eigenvalue weighted by molar-refractivity contribution is -0.142. The number of fused-ring (bicyclic) bond motifs is 1. The Hall–Kier alpha value is -2.64. The number of rotatable bonds is 5. The van der Waals surface area contributed by atoms with Gasteiger partial charge in [-0.3, -0.25) is 9.79 Å². The molecular weight excluding hydrogens is 441 g/mol. The number of thiophene rings is 1. The number of nitrogens with zero attached hydrogens (tertiary/aromatic N) is 1. The number of benzene rings is 1. The number of esters is 1. The van der Waals surface area contributed by atoms with E-state index in [0.29, 0.717) is 30.7 Å². The molecule has 1 saturated heterocycles. The molecule has 1 aliphatic carbocycles. The predicted octanol–water partition coefficient (Wildman–Crippen LogP) is 5.18. The molecule has 5 rings (SSSR count). The van der Waals surface area contributed by atoms with E-state index in [-0.39, 0.29) is 30.0 Å². The van der Waals surface area contributed by atoms with Crippen molar-refractivity contribution >= 4 is 28.8 Å². The van der Waals surface area contributed by atoms with E-state index in [1.165, 1.54) is 6.07 Å². The highest BCUT2D eigenvalue weighted by Gasteiger charge is 2.47. The first-order chi connectivity index (χ1) is 16.0. The summed E-state index contributed by atoms with van der Waals surface area (Å²) in [7, 11) is 0. The molecule has 0 spiro atoms. The summed E-state index contributed by atoms with van der Waals surface area (Å²) in [4.78, 5) is 32.6. The summed E-state index contributed by atoms with van der Waals surface area (Å²) in [6, 6.07) is 10.4. The first-order valence-corrected chi connectivity index (χ1v) is 12.3. The Labute approximate surface area is 196 Å². The van der Waals surface area contributed by atoms with Gasteiger partial charge in [0.05, 0.1) is 17.6 Å². The molecule has 0 bridgehead atoms. The van der Waals surface area contributed by atoms with E-state index in [2.05, 4.69) is 0 Å². The SMILES string of the molecule is CC1=C(C(=O)OC[C@@H]2CCCO2)[C@@H](c2ccccc2F)[C@H]2C(=O)C[C@H](c3cccs3)CC2=N1. The highest BCUT2D eigenvalue weighted by atomic mass is 32.1. The van der Waals surface area contributed by atoms with E-state index < -0.39 is 23.6 Å². The highest BCUT2D eigenvalue weighted by molar-refractivity contribution is 7.10. The second kappa shape index (κ2) is 9.31. The molecule has 1 saturated carbocycles. The molecule has 2 aliphatic heterocycles. The third-order valence-corrected chi connectivity index (χ3v) is 7.82. The van der Waals surface area contributed by atoms with Gasteiger partial charge in [-0.2, -0.15) is 0 Å². The van der Waals surface area contributed by atoms with Crippen molar-refractivity contribution in [1.29, 1.82) is 0 Å². The number of carbonyl (C=O) groups excluding carboxylic acids is 2. The Bertz CT molecular complexity index is 1120. The van der Waals surface area contributed by atoms with Crippen LogP contribution in [0.5, 0.6) is 0 Å². The van der Waals surface area contributed by atoms with Crippen LogP contribution in [0.25, 0.3) is 0 Å². The normalized spacial score (nSPS) is 27.3. The number of hydrogen-bond donors (Lipinski definition) is 0. The summed E-state index contributed by atoms with van der Waals surface area (Å²) < 4.78 is 26.2. The van der Waals surface area contributed by atoms with E-state index in [1.807, 2.05) is 17.5 Å². The van der Waals surface area contributed by atoms with Gasteiger partial charge in [0, 0.05) is 41.1 Å². The summed E-state index contributed by atoms with van der Waals surface area (Å²) in [5.41, 5.74) is 1.83. The molecule has 0 N–H and O–H groups in total. The minimum absolute atomic E-state index is 0.0106. The van der Waals surface area contributed by atoms with Crippen molar-refractivity contribution in [2.24, 2.45) is 10.9 Å². The Kier molecular flexibility index (Phi) is 6.25. The van der Waals surface area contributed by atoms with Gasteiger partial charge in [-0.15, -0.1) is 11.3 Å². The van der Waals surface area contributed by atoms with E-state index in [4.69, 9.17) is 14.5 Å². The maximum Gasteiger partial charge on any atom is 0.336 e. The number of ether oxygens (including phenoxy) is 2. The molecule has 33 heavy (non-hydrogen) atoms. The molecular formula is C26H26FNO4S. The third-order valence-electron chi connectivity index (χ3n) is 6.78. The van der Waals surface area contributed by atoms with Gasteiger partial charge in [-0.05, 0) is 49.3 Å². The average Bonchev–Trinajstić information content (AvgIpc) is 3.51. The molecule has 5 nitrogen and oxygen atoms in total. The molecule has 3 heterocycles. The van der Waals surface area contributed by atoms with Crippen LogP contribution < -0.4 is 0 Å². The van der Waals surface area contributed by atoms with Crippen LogP contribution in [0.4, 0.5) is 4.39 Å². The molecule has 0 amide bonds. The van der Waals surface area contributed by atoms with Crippen LogP contribution in [0, 0.1) is 11.7 Å². The van der Waals surface area contributed by atoms with Crippen molar-refractivity contribution in [2.75, 3.05) is 13.2 Å². The molecule has 2 aromatic rings. The average molecular weight is 468 g/mol. The van der Waals surface area contributed by atoms with Crippen molar-refractivity contribution in [1.82, 2.24) is 0 Å². The molecule has 3 aliphatic rings. The standard InChI is InChI=1S/C26H26FNO4S/c1-15-23(26(30)32-14-17-6-4-10-31-17)24(18-7-2-3-8-19(18)27)25-20(28-15)12-16(13-21(25)29)22-9-5-11-33-22/h2-3,5,7-9,11,16-17,24-25H,4,6,10,12-14H2,1H3/t16-,17+,24-,25-/m1/s1. The summed E-state index contributed by atoms with van der Waals surface area (Å²) in [6.07, 6.45) is 2.64. The smallest absolute Gasteiger partial charge is 0.336 e. The minimum Gasteiger partial charge on any atom is -0.460 e. The second-order valence-corrected chi connectivity index (χ2v) is 9.88. The lowest BCUT2D eigenvalue weighted by atomic mass is 9.67. The Balaban J connectivity index is 1.52. The summed E-state index contributed by atoms with van der Waals surface area (Å²) in [6.45, 7) is 2.56. The van der Waals surface area contributed by atoms with Gasteiger partial charge in [0.1, 0.15) is 18.2 Å². The van der Waals surface area contributed by atoms with Gasteiger partial charge in [0.2, 0.25) is 0 Å². The lowest BCUT2D eigenvalue weighted by Crippen LogP contribution is -2.41. The Morgan fingerprint density at radius 2 is 2.06 bits per heavy atom. The monoisotopic (exact) mass is 467 g/mol. The van der Waals surface area contributed by atoms with Crippen LogP contribution in [0.1, 0.15) is 54.9 Å². The molecule has 4 atom stereocenters. The van der Waals surface area contributed by atoms with Crippen molar-refractivity contribution in [3.63, 3.8) is 0 Å². The molecule has 1 aromatic heterocycles. The van der Waals surface area contributed by atoms with Gasteiger partial charge in [-0.1, -0.05) is 24.3 Å². The van der Waals surface area contributed by atoms with Crippen LogP contribution in [0.2, 0.25) is 0 Å². The molecule has 172 valence electrons. The van der Waals surface area contributed by atoms with Crippen LogP contribution in [-0.2, 0) is 19.1 Å². The fourth-order valence-corrected chi connectivity index (χ4v) is 6.08. The van der Waals surface area contributed by atoms with E-state index >= 15 is 4.39 Å². The first-order valence-electron chi connectivity index (χ1n) is 11.4. The fourth-order valence-electron chi connectivity index (χ4n) is 5.25. The predicted molar refractivity (Wildman–Crippen MR) is 124 cm³/mol. The van der Waals surface area contributed by atoms with E-state index in [9.17, 15) is 9.59 Å². The first kappa shape index (κ1) is 22.2. The molecule has 7 heteroatoms. The zero-order valence-electron chi connectivity index (χ0n) is 18.5. The summed E-state index contributed by atoms with van der Waals surface area (Å²) in [5, 5.41) is 2.00. The zero-order valence-corrected chi connectivity index (χ0v) is 19.3. The maximum atomic E-state index is 15.0. The van der Waals surface area contributed by atoms with Gasteiger partial charge in [0.25, 0.3) is 0 Å². The number of aliphatic imine (C=N–C) groups is 1. The lowest BCUT2D eigenvalue weighted by Gasteiger charge is -2.38. The summed E-state index contributed by atoms with van der Waals surface area (Å²) >= 11 is 1.63. The summed E-state index contributed by atoms with van der Waals surface area (Å²) in [5.74, 6) is -2.33. The second-order valence-electron chi connectivity index (χ2n) is 8.90. The van der Waals surface area contributed by atoms with E-state index in [1.54, 1.807) is 36.5 Å². The Morgan fingerprint density at radius 3 is 2.79 bits per heavy atom. The topological polar surface area (TPSA) is 65.0 Å². The van der Waals surface area contributed by atoms with Crippen LogP contribution in [0.15, 0.2) is 58.0 Å². The largest absolute Gasteiger partial charge is 0.460 e. The molecule has 0 unspecified atom stereocenters. The highest BCUT2D eigenvalue weighted by Crippen LogP contribution is 2.47. The number of hydrogen-bond acceptors (Lipinski definition) is 6. The number of halogens is 1. The van der Waals surface area contributed by atoms with Gasteiger partial charge >= 0.3 is 5.97 Å². The molecule has 0 radical (unpaired) electrons. The van der Waals surface area contributed by atoms with Crippen LogP contribution >= 0.6 is 11.3 Å². The maximum absolute atomic E-state index is 15.0. The van der Waals surface area contributed by atoms with Crippen molar-refractivity contribution in [2.45, 2.75) is 50.5 Å². The number of ketones is 1. The number of Topliss-reactive ketones (excluding diaryl/α,β-unsaturated/α-hetero) is 1. The molecule has 2 fully saturated rings. The van der Waals surface area contributed by atoms with Crippen molar-refractivity contribution < 1.29 is 23.5 Å². The van der Waals surface area contributed by atoms with Crippen molar-refractivity contribution in [3.8, 4) is 0 Å². The van der Waals surface area contributed by atoms with Crippen LogP contribution in [-0.4, -0.2) is 36.8 Å². The fraction of sp³-hybridized carbons (Fsp3) is 0.423. The zero-order chi connectivity index (χ0) is 22.9. The van der Waals surface area contributed by atoms with Gasteiger partial charge < -0.3 is 9.47 Å². The van der Waals surface area contributed by atoms with E-state index in [0.717, 1.165) is 23.4 Å². The van der Waals surface area contributed by atoms with Gasteiger partial charge in [0.15, 0.2) is 0 Å². The molecule has 1 aromatic carbocycles. The number of carbonyl (C=O) groups is 2. The third kappa shape index (κ3) is 4.32. The Morgan fingerprint density at radius 1 is 1.21 bits per heavy atom. The van der Waals surface area contributed by atoms with Gasteiger partial charge in [-0.25, -0.2) is 9.18 Å². The number of allylic oxidation sites excluding steroid dienone is 1. The van der Waals surface area contributed by atoms with Crippen LogP contribution in [0.3, 0.4) is 0 Å².